The molecule has 0 heterocycles. The molecule has 6 unspecified atom stereocenters. The Labute approximate surface area is 380 Å². The molecule has 368 valence electrons. The Morgan fingerprint density at radius 1 is 0.540 bits per heavy atom. The fourth-order valence-electron chi connectivity index (χ4n) is 7.59. The Balaban J connectivity index is 2.41. The van der Waals surface area contributed by atoms with Crippen molar-refractivity contribution in [3.05, 3.63) is 37.0 Å². The van der Waals surface area contributed by atoms with Crippen LogP contribution in [0.2, 0.25) is 0 Å². The third-order valence-electron chi connectivity index (χ3n) is 11.6. The fraction of sp³-hybridized carbons (Fsp3) is 0.837. The number of rotatable bonds is 42. The third-order valence-corrected chi connectivity index (χ3v) is 12.6. The molecule has 0 aromatic rings. The number of phosphoric ester groups is 1. The standard InChI is InChI=1S/C49H89O13P/c1-3-5-7-9-11-13-15-17-19-20-21-22-24-26-28-30-32-34-36-38-43(51)61-41(40-60-63(57,58)62-49-47(55)45(53)44(52)46(54)48(49)56)39-59-42(50)37-35-33-31-29-27-25-23-18-16-14-12-10-8-6-4-2/h4,11,13,17,19,41,44-49,52-56H,2-3,5-10,12,14-16,18,20-40H2,1H3,(H,57,58)/b13-11+,19-17+/t41-,44?,45-,46?,47?,48?,49?/m1/s1. The summed E-state index contributed by atoms with van der Waals surface area (Å²) < 4.78 is 33.6. The molecule has 13 nitrogen and oxygen atoms in total. The number of unbranched alkanes of at least 4 members (excludes halogenated alkanes) is 25. The highest BCUT2D eigenvalue weighted by atomic mass is 31.2. The second-order valence-corrected chi connectivity index (χ2v) is 18.8. The molecule has 0 aliphatic heterocycles. The van der Waals surface area contributed by atoms with Gasteiger partial charge in [0, 0.05) is 12.8 Å². The van der Waals surface area contributed by atoms with E-state index < -0.39 is 75.7 Å². The van der Waals surface area contributed by atoms with Crippen molar-refractivity contribution in [2.24, 2.45) is 0 Å². The van der Waals surface area contributed by atoms with Gasteiger partial charge in [-0.2, -0.15) is 0 Å². The molecule has 1 aliphatic rings. The normalized spacial score (nSPS) is 21.8. The molecule has 0 radical (unpaired) electrons. The Kier molecular flexibility index (Phi) is 36.8. The van der Waals surface area contributed by atoms with E-state index in [1.54, 1.807) is 0 Å². The fourth-order valence-corrected chi connectivity index (χ4v) is 8.57. The maximum Gasteiger partial charge on any atom is 0.472 e. The zero-order valence-corrected chi connectivity index (χ0v) is 39.9. The summed E-state index contributed by atoms with van der Waals surface area (Å²) in [6, 6.07) is 0. The van der Waals surface area contributed by atoms with Gasteiger partial charge in [0.2, 0.25) is 0 Å². The van der Waals surface area contributed by atoms with Crippen LogP contribution in [0.1, 0.15) is 206 Å². The van der Waals surface area contributed by atoms with Crippen molar-refractivity contribution in [1.29, 1.82) is 0 Å². The minimum Gasteiger partial charge on any atom is -0.462 e. The van der Waals surface area contributed by atoms with E-state index in [9.17, 15) is 44.6 Å². The first kappa shape index (κ1) is 59.1. The molecule has 1 fully saturated rings. The summed E-state index contributed by atoms with van der Waals surface area (Å²) in [5.41, 5.74) is 0. The number of esters is 2. The summed E-state index contributed by atoms with van der Waals surface area (Å²) in [6.07, 6.45) is 30.8. The molecule has 0 saturated heterocycles. The molecule has 6 N–H and O–H groups in total. The number of carbonyl (C=O) groups is 2. The second kappa shape index (κ2) is 39.3. The third kappa shape index (κ3) is 31.6. The van der Waals surface area contributed by atoms with Crippen molar-refractivity contribution in [2.45, 2.75) is 249 Å². The SMILES string of the molecule is C=CCCCCCCCCCCCCCCCC(=O)OC[C@H](COP(=O)(O)OC1C(O)C(O)C(O)[C@@H](O)C1O)OC(=O)CCCCCCCCCCC/C=C/C/C=C/CCCCC. The van der Waals surface area contributed by atoms with E-state index in [0.717, 1.165) is 64.2 Å². The summed E-state index contributed by atoms with van der Waals surface area (Å²) >= 11 is 0. The number of allylic oxidation sites excluding steroid dienone is 5. The molecule has 1 rings (SSSR count). The first-order chi connectivity index (χ1) is 30.4. The number of ether oxygens (including phenoxy) is 2. The number of hydrogen-bond acceptors (Lipinski definition) is 12. The molecule has 8 atom stereocenters. The van der Waals surface area contributed by atoms with Crippen molar-refractivity contribution in [3.8, 4) is 0 Å². The van der Waals surface area contributed by atoms with Crippen LogP contribution in [0.5, 0.6) is 0 Å². The first-order valence-electron chi connectivity index (χ1n) is 24.8. The number of aliphatic hydroxyl groups excluding tert-OH is 5. The summed E-state index contributed by atoms with van der Waals surface area (Å²) in [6.45, 7) is 4.82. The zero-order chi connectivity index (χ0) is 46.4. The zero-order valence-electron chi connectivity index (χ0n) is 39.0. The highest BCUT2D eigenvalue weighted by molar-refractivity contribution is 7.47. The molecule has 63 heavy (non-hydrogen) atoms. The van der Waals surface area contributed by atoms with Gasteiger partial charge in [-0.1, -0.05) is 166 Å². The molecular weight excluding hydrogens is 827 g/mol. The van der Waals surface area contributed by atoms with E-state index in [4.69, 9.17) is 18.5 Å². The van der Waals surface area contributed by atoms with Crippen molar-refractivity contribution >= 4 is 19.8 Å². The summed E-state index contributed by atoms with van der Waals surface area (Å²) in [4.78, 5) is 35.8. The Morgan fingerprint density at radius 3 is 1.40 bits per heavy atom. The molecule has 0 amide bonds. The van der Waals surface area contributed by atoms with E-state index in [-0.39, 0.29) is 12.8 Å². The van der Waals surface area contributed by atoms with Gasteiger partial charge < -0.3 is 39.9 Å². The van der Waals surface area contributed by atoms with E-state index in [0.29, 0.717) is 12.8 Å². The van der Waals surface area contributed by atoms with Crippen molar-refractivity contribution in [3.63, 3.8) is 0 Å². The predicted octanol–water partition coefficient (Wildman–Crippen LogP) is 10.2. The Morgan fingerprint density at radius 2 is 0.937 bits per heavy atom. The average Bonchev–Trinajstić information content (AvgIpc) is 3.26. The van der Waals surface area contributed by atoms with E-state index >= 15 is 0 Å². The van der Waals surface area contributed by atoms with Gasteiger partial charge in [-0.05, 0) is 57.8 Å². The van der Waals surface area contributed by atoms with Crippen LogP contribution in [-0.2, 0) is 32.7 Å². The highest BCUT2D eigenvalue weighted by Crippen LogP contribution is 2.47. The van der Waals surface area contributed by atoms with Gasteiger partial charge >= 0.3 is 19.8 Å². The van der Waals surface area contributed by atoms with Gasteiger partial charge in [0.1, 0.15) is 43.2 Å². The lowest BCUT2D eigenvalue weighted by Crippen LogP contribution is -2.64. The van der Waals surface area contributed by atoms with Crippen LogP contribution < -0.4 is 0 Å². The molecule has 14 heteroatoms. The molecule has 0 bridgehead atoms. The van der Waals surface area contributed by atoms with Crippen LogP contribution in [0.25, 0.3) is 0 Å². The van der Waals surface area contributed by atoms with E-state index in [1.807, 2.05) is 6.08 Å². The van der Waals surface area contributed by atoms with Crippen molar-refractivity contribution < 1.29 is 63.1 Å². The molecular formula is C49H89O13P. The lowest BCUT2D eigenvalue weighted by molar-refractivity contribution is -0.220. The van der Waals surface area contributed by atoms with Gasteiger partial charge in [-0.3, -0.25) is 18.6 Å². The molecule has 0 aromatic heterocycles. The molecule has 0 spiro atoms. The van der Waals surface area contributed by atoms with Gasteiger partial charge in [0.05, 0.1) is 6.61 Å². The smallest absolute Gasteiger partial charge is 0.462 e. The van der Waals surface area contributed by atoms with Gasteiger partial charge in [-0.15, -0.1) is 6.58 Å². The Hall–Kier alpha value is -1.93. The van der Waals surface area contributed by atoms with Crippen molar-refractivity contribution in [1.82, 2.24) is 0 Å². The van der Waals surface area contributed by atoms with Crippen LogP contribution in [0.3, 0.4) is 0 Å². The second-order valence-electron chi connectivity index (χ2n) is 17.4. The minimum atomic E-state index is -5.12. The lowest BCUT2D eigenvalue weighted by atomic mass is 9.85. The first-order valence-corrected chi connectivity index (χ1v) is 26.2. The lowest BCUT2D eigenvalue weighted by Gasteiger charge is -2.41. The van der Waals surface area contributed by atoms with Crippen LogP contribution >= 0.6 is 7.82 Å². The Bertz CT molecular complexity index is 1230. The quantitative estimate of drug-likeness (QED) is 0.0146. The minimum absolute atomic E-state index is 0.0921. The predicted molar refractivity (Wildman–Crippen MR) is 249 cm³/mol. The largest absolute Gasteiger partial charge is 0.472 e. The number of phosphoric acid groups is 1. The maximum absolute atomic E-state index is 12.8. The van der Waals surface area contributed by atoms with E-state index in [1.165, 1.54) is 109 Å². The van der Waals surface area contributed by atoms with Crippen molar-refractivity contribution in [2.75, 3.05) is 13.2 Å². The van der Waals surface area contributed by atoms with Crippen LogP contribution in [0.15, 0.2) is 37.0 Å². The summed E-state index contributed by atoms with van der Waals surface area (Å²) in [5, 5.41) is 50.2. The monoisotopic (exact) mass is 917 g/mol. The molecule has 0 aromatic carbocycles. The number of hydrogen-bond donors (Lipinski definition) is 6. The number of carbonyl (C=O) groups excluding carboxylic acids is 2. The van der Waals surface area contributed by atoms with Gasteiger partial charge in [-0.25, -0.2) is 4.57 Å². The molecule has 1 aliphatic carbocycles. The topological polar surface area (TPSA) is 210 Å². The summed E-state index contributed by atoms with van der Waals surface area (Å²) in [5.74, 6) is -1.10. The highest BCUT2D eigenvalue weighted by Gasteiger charge is 2.51. The van der Waals surface area contributed by atoms with Crippen LogP contribution in [-0.4, -0.2) is 98.3 Å². The summed E-state index contributed by atoms with van der Waals surface area (Å²) in [7, 11) is -5.12. The van der Waals surface area contributed by atoms with Gasteiger partial charge in [0.25, 0.3) is 0 Å². The van der Waals surface area contributed by atoms with Crippen LogP contribution in [0, 0.1) is 0 Å². The van der Waals surface area contributed by atoms with Gasteiger partial charge in [0.15, 0.2) is 6.10 Å². The van der Waals surface area contributed by atoms with Crippen LogP contribution in [0.4, 0.5) is 0 Å². The average molecular weight is 917 g/mol. The number of aliphatic hydroxyl groups is 5. The maximum atomic E-state index is 12.8. The molecule has 1 saturated carbocycles. The van der Waals surface area contributed by atoms with E-state index in [2.05, 4.69) is 37.8 Å².